The van der Waals surface area contributed by atoms with Crippen LogP contribution in [0.3, 0.4) is 0 Å². The van der Waals surface area contributed by atoms with Crippen LogP contribution in [-0.4, -0.2) is 12.5 Å². The zero-order valence-electron chi connectivity index (χ0n) is 10.8. The van der Waals surface area contributed by atoms with E-state index in [0.29, 0.717) is 10.6 Å². The lowest BCUT2D eigenvalue weighted by molar-refractivity contribution is 0.0954. The lowest BCUT2D eigenvalue weighted by atomic mass is 9.83. The van der Waals surface area contributed by atoms with Crippen molar-refractivity contribution in [2.24, 2.45) is 5.92 Å². The Balaban J connectivity index is 1.68. The molecule has 1 aliphatic carbocycles. The van der Waals surface area contributed by atoms with Crippen LogP contribution in [0, 0.1) is 5.92 Å². The van der Waals surface area contributed by atoms with Gasteiger partial charge in [-0.05, 0) is 18.4 Å². The Bertz CT molecular complexity index is 601. The first-order valence-corrected chi connectivity index (χ1v) is 7.62. The monoisotopic (exact) mass is 274 g/mol. The van der Waals surface area contributed by atoms with Gasteiger partial charge in [-0.3, -0.25) is 4.79 Å². The van der Waals surface area contributed by atoms with Crippen molar-refractivity contribution in [3.63, 3.8) is 0 Å². The van der Waals surface area contributed by atoms with Gasteiger partial charge < -0.3 is 11.1 Å². The molecule has 1 saturated carbocycles. The average molecular weight is 274 g/mol. The van der Waals surface area contributed by atoms with Gasteiger partial charge in [-0.1, -0.05) is 37.5 Å². The number of fused-ring (bicyclic) bond motifs is 1. The largest absolute Gasteiger partial charge is 0.397 e. The summed E-state index contributed by atoms with van der Waals surface area (Å²) in [4.78, 5) is 12.8. The van der Waals surface area contributed by atoms with Crippen LogP contribution in [0.25, 0.3) is 10.1 Å². The van der Waals surface area contributed by atoms with Gasteiger partial charge in [-0.15, -0.1) is 11.3 Å². The Hall–Kier alpha value is -1.55. The molecule has 3 nitrogen and oxygen atoms in total. The molecule has 1 aromatic heterocycles. The molecule has 19 heavy (non-hydrogen) atoms. The zero-order chi connectivity index (χ0) is 13.2. The molecule has 1 aliphatic rings. The van der Waals surface area contributed by atoms with Gasteiger partial charge >= 0.3 is 0 Å². The summed E-state index contributed by atoms with van der Waals surface area (Å²) >= 11 is 1.47. The molecule has 100 valence electrons. The summed E-state index contributed by atoms with van der Waals surface area (Å²) in [6.45, 7) is 0.761. The van der Waals surface area contributed by atoms with E-state index in [1.807, 2.05) is 24.3 Å². The quantitative estimate of drug-likeness (QED) is 0.897. The summed E-state index contributed by atoms with van der Waals surface area (Å²) in [5.74, 6) is 0.790. The zero-order valence-corrected chi connectivity index (χ0v) is 11.6. The Morgan fingerprint density at radius 1 is 1.37 bits per heavy atom. The lowest BCUT2D eigenvalue weighted by Crippen LogP contribution is -2.27. The van der Waals surface area contributed by atoms with Crippen LogP contribution < -0.4 is 11.1 Å². The van der Waals surface area contributed by atoms with Crippen LogP contribution in [0.15, 0.2) is 24.3 Å². The number of carbonyl (C=O) groups excluding carboxylic acids is 1. The van der Waals surface area contributed by atoms with Crippen LogP contribution in [0.5, 0.6) is 0 Å². The predicted molar refractivity (Wildman–Crippen MR) is 80.5 cm³/mol. The maximum Gasteiger partial charge on any atom is 0.263 e. The number of rotatable bonds is 4. The molecule has 0 aliphatic heterocycles. The smallest absolute Gasteiger partial charge is 0.263 e. The number of hydrogen-bond acceptors (Lipinski definition) is 3. The second kappa shape index (κ2) is 5.21. The van der Waals surface area contributed by atoms with Gasteiger partial charge in [0.15, 0.2) is 0 Å². The van der Waals surface area contributed by atoms with E-state index in [9.17, 15) is 4.79 Å². The Labute approximate surface area is 116 Å². The molecule has 1 heterocycles. The molecule has 0 saturated heterocycles. The SMILES string of the molecule is Nc1c(C(=O)NCCC2CCC2)sc2ccccc12. The molecular formula is C15H18N2OS. The molecule has 1 amide bonds. The lowest BCUT2D eigenvalue weighted by Gasteiger charge is -2.25. The first-order valence-electron chi connectivity index (χ1n) is 6.81. The van der Waals surface area contributed by atoms with Crippen LogP contribution in [0.1, 0.15) is 35.4 Å². The van der Waals surface area contributed by atoms with E-state index < -0.39 is 0 Å². The van der Waals surface area contributed by atoms with E-state index in [4.69, 9.17) is 5.73 Å². The van der Waals surface area contributed by atoms with E-state index in [-0.39, 0.29) is 5.91 Å². The van der Waals surface area contributed by atoms with Crippen LogP contribution in [-0.2, 0) is 0 Å². The molecule has 1 aromatic carbocycles. The van der Waals surface area contributed by atoms with Crippen molar-refractivity contribution in [2.75, 3.05) is 12.3 Å². The number of amides is 1. The number of nitrogen functional groups attached to an aromatic ring is 1. The number of nitrogens with two attached hydrogens (primary N) is 1. The number of nitrogens with one attached hydrogen (secondary N) is 1. The first kappa shape index (κ1) is 12.5. The van der Waals surface area contributed by atoms with Gasteiger partial charge in [0.05, 0.1) is 5.69 Å². The standard InChI is InChI=1S/C15H18N2OS/c16-13-11-6-1-2-7-12(11)19-14(13)15(18)17-9-8-10-4-3-5-10/h1-2,6-7,10H,3-5,8-9,16H2,(H,17,18). The first-order chi connectivity index (χ1) is 9.25. The fourth-order valence-electron chi connectivity index (χ4n) is 2.49. The third kappa shape index (κ3) is 2.45. The molecule has 3 N–H and O–H groups in total. The Morgan fingerprint density at radius 2 is 2.16 bits per heavy atom. The molecule has 0 bridgehead atoms. The number of anilines is 1. The highest BCUT2D eigenvalue weighted by atomic mass is 32.1. The number of hydrogen-bond donors (Lipinski definition) is 2. The molecule has 3 rings (SSSR count). The van der Waals surface area contributed by atoms with Gasteiger partial charge in [-0.25, -0.2) is 0 Å². The highest BCUT2D eigenvalue weighted by molar-refractivity contribution is 7.21. The van der Waals surface area contributed by atoms with Gasteiger partial charge in [0.25, 0.3) is 5.91 Å². The van der Waals surface area contributed by atoms with Crippen molar-refractivity contribution in [1.82, 2.24) is 5.32 Å². The van der Waals surface area contributed by atoms with E-state index in [2.05, 4.69) is 5.32 Å². The van der Waals surface area contributed by atoms with Gasteiger partial charge in [0, 0.05) is 16.6 Å². The molecule has 0 radical (unpaired) electrons. The topological polar surface area (TPSA) is 55.1 Å². The highest BCUT2D eigenvalue weighted by Crippen LogP contribution is 2.33. The van der Waals surface area contributed by atoms with Gasteiger partial charge in [-0.2, -0.15) is 0 Å². The molecule has 0 spiro atoms. The van der Waals surface area contributed by atoms with Crippen molar-refractivity contribution < 1.29 is 4.79 Å². The minimum Gasteiger partial charge on any atom is -0.397 e. The predicted octanol–water partition coefficient (Wildman–Crippen LogP) is 3.40. The molecule has 0 unspecified atom stereocenters. The minimum atomic E-state index is -0.0296. The van der Waals surface area contributed by atoms with Crippen LogP contribution in [0.4, 0.5) is 5.69 Å². The average Bonchev–Trinajstić information content (AvgIpc) is 2.70. The second-order valence-electron chi connectivity index (χ2n) is 5.18. The van der Waals surface area contributed by atoms with Crippen LogP contribution in [0.2, 0.25) is 0 Å². The minimum absolute atomic E-state index is 0.0296. The van der Waals surface area contributed by atoms with E-state index in [0.717, 1.165) is 29.0 Å². The van der Waals surface area contributed by atoms with Crippen molar-refractivity contribution in [3.8, 4) is 0 Å². The fraction of sp³-hybridized carbons (Fsp3) is 0.400. The van der Waals surface area contributed by atoms with Crippen LogP contribution >= 0.6 is 11.3 Å². The summed E-state index contributed by atoms with van der Waals surface area (Å²) < 4.78 is 1.07. The molecular weight excluding hydrogens is 256 g/mol. The fourth-order valence-corrected chi connectivity index (χ4v) is 3.52. The van der Waals surface area contributed by atoms with Crippen molar-refractivity contribution >= 4 is 33.0 Å². The number of carbonyl (C=O) groups is 1. The number of thiophene rings is 1. The van der Waals surface area contributed by atoms with Gasteiger partial charge in [0.2, 0.25) is 0 Å². The summed E-state index contributed by atoms with van der Waals surface area (Å²) in [7, 11) is 0. The highest BCUT2D eigenvalue weighted by Gasteiger charge is 2.19. The summed E-state index contributed by atoms with van der Waals surface area (Å²) in [6, 6.07) is 7.88. The summed E-state index contributed by atoms with van der Waals surface area (Å²) in [6.07, 6.45) is 5.08. The third-order valence-electron chi connectivity index (χ3n) is 3.90. The normalized spacial score (nSPS) is 15.4. The maximum atomic E-state index is 12.1. The van der Waals surface area contributed by atoms with Gasteiger partial charge in [0.1, 0.15) is 4.88 Å². The molecule has 1 fully saturated rings. The van der Waals surface area contributed by atoms with Crippen molar-refractivity contribution in [2.45, 2.75) is 25.7 Å². The second-order valence-corrected chi connectivity index (χ2v) is 6.23. The van der Waals surface area contributed by atoms with E-state index in [1.54, 1.807) is 0 Å². The number of benzene rings is 1. The van der Waals surface area contributed by atoms with E-state index >= 15 is 0 Å². The summed E-state index contributed by atoms with van der Waals surface area (Å²) in [5.41, 5.74) is 6.67. The molecule has 0 atom stereocenters. The van der Waals surface area contributed by atoms with Crippen molar-refractivity contribution in [1.29, 1.82) is 0 Å². The Morgan fingerprint density at radius 3 is 2.84 bits per heavy atom. The molecule has 2 aromatic rings. The van der Waals surface area contributed by atoms with E-state index in [1.165, 1.54) is 30.6 Å². The Kier molecular flexibility index (Phi) is 3.42. The molecule has 4 heteroatoms. The van der Waals surface area contributed by atoms with Crippen molar-refractivity contribution in [3.05, 3.63) is 29.1 Å². The third-order valence-corrected chi connectivity index (χ3v) is 5.09. The summed E-state index contributed by atoms with van der Waals surface area (Å²) in [5, 5.41) is 3.97. The maximum absolute atomic E-state index is 12.1.